The third-order valence-corrected chi connectivity index (χ3v) is 3.47. The highest BCUT2D eigenvalue weighted by atomic mass is 16.5. The topological polar surface area (TPSA) is 38.3 Å². The van der Waals surface area contributed by atoms with Crippen molar-refractivity contribution in [2.45, 2.75) is 52.0 Å². The van der Waals surface area contributed by atoms with Crippen LogP contribution in [0.4, 0.5) is 0 Å². The lowest BCUT2D eigenvalue weighted by atomic mass is 9.89. The molecule has 1 N–H and O–H groups in total. The van der Waals surface area contributed by atoms with Gasteiger partial charge in [0.1, 0.15) is 6.04 Å². The molecule has 0 aromatic heterocycles. The van der Waals surface area contributed by atoms with Crippen LogP contribution in [0.2, 0.25) is 0 Å². The van der Waals surface area contributed by atoms with Gasteiger partial charge in [0.15, 0.2) is 0 Å². The van der Waals surface area contributed by atoms with Gasteiger partial charge in [-0.3, -0.25) is 4.79 Å². The van der Waals surface area contributed by atoms with E-state index in [9.17, 15) is 4.79 Å². The Kier molecular flexibility index (Phi) is 5.81. The number of esters is 1. The summed E-state index contributed by atoms with van der Waals surface area (Å²) in [5, 5.41) is 3.37. The molecule has 0 amide bonds. The minimum atomic E-state index is -0.146. The van der Waals surface area contributed by atoms with Crippen LogP contribution in [-0.2, 0) is 9.53 Å². The second-order valence-corrected chi connectivity index (χ2v) is 5.16. The lowest BCUT2D eigenvalue weighted by Crippen LogP contribution is -2.44. The molecule has 1 saturated carbocycles. The van der Waals surface area contributed by atoms with Gasteiger partial charge in [0.25, 0.3) is 0 Å². The molecule has 0 spiro atoms. The summed E-state index contributed by atoms with van der Waals surface area (Å²) in [7, 11) is 1.46. The number of hydrogen-bond acceptors (Lipinski definition) is 3. The molecule has 0 heterocycles. The largest absolute Gasteiger partial charge is 0.468 e. The maximum absolute atomic E-state index is 11.5. The van der Waals surface area contributed by atoms with Crippen LogP contribution in [0.3, 0.4) is 0 Å². The van der Waals surface area contributed by atoms with E-state index in [1.165, 1.54) is 39.2 Å². The van der Waals surface area contributed by atoms with Crippen LogP contribution in [0.25, 0.3) is 0 Å². The minimum Gasteiger partial charge on any atom is -0.468 e. The summed E-state index contributed by atoms with van der Waals surface area (Å²) in [6.45, 7) is 5.06. The van der Waals surface area contributed by atoms with Crippen molar-refractivity contribution in [3.63, 3.8) is 0 Å². The Morgan fingerprint density at radius 3 is 2.44 bits per heavy atom. The van der Waals surface area contributed by atoms with Crippen molar-refractivity contribution < 1.29 is 9.53 Å². The Labute approximate surface area is 98.9 Å². The smallest absolute Gasteiger partial charge is 0.323 e. The summed E-state index contributed by atoms with van der Waals surface area (Å²) in [6, 6.07) is -0.146. The first kappa shape index (κ1) is 13.5. The summed E-state index contributed by atoms with van der Waals surface area (Å²) in [5.74, 6) is 0.904. The summed E-state index contributed by atoms with van der Waals surface area (Å²) < 4.78 is 4.81. The standard InChI is InChI=1S/C13H25NO2/c1-10(2)12(13(15)16-3)14-9-11-7-5-4-6-8-11/h10-12,14H,4-9H2,1-3H3/t12-/m0/s1. The fourth-order valence-electron chi connectivity index (χ4n) is 2.40. The molecule has 0 saturated heterocycles. The van der Waals surface area contributed by atoms with E-state index in [2.05, 4.69) is 19.2 Å². The van der Waals surface area contributed by atoms with Crippen molar-refractivity contribution in [1.82, 2.24) is 5.32 Å². The van der Waals surface area contributed by atoms with E-state index in [-0.39, 0.29) is 17.9 Å². The highest BCUT2D eigenvalue weighted by Crippen LogP contribution is 2.23. The zero-order valence-corrected chi connectivity index (χ0v) is 10.8. The molecule has 1 aliphatic rings. The molecule has 1 fully saturated rings. The Balaban J connectivity index is 2.34. The average molecular weight is 227 g/mol. The van der Waals surface area contributed by atoms with Crippen molar-refractivity contribution in [3.8, 4) is 0 Å². The molecule has 16 heavy (non-hydrogen) atoms. The third-order valence-electron chi connectivity index (χ3n) is 3.47. The van der Waals surface area contributed by atoms with Crippen LogP contribution < -0.4 is 5.32 Å². The third kappa shape index (κ3) is 4.12. The highest BCUT2D eigenvalue weighted by molar-refractivity contribution is 5.75. The van der Waals surface area contributed by atoms with Gasteiger partial charge in [0, 0.05) is 0 Å². The van der Waals surface area contributed by atoms with E-state index in [1.54, 1.807) is 0 Å². The molecule has 94 valence electrons. The maximum Gasteiger partial charge on any atom is 0.323 e. The first-order valence-corrected chi connectivity index (χ1v) is 6.46. The Hall–Kier alpha value is -0.570. The van der Waals surface area contributed by atoms with Crippen LogP contribution in [0.1, 0.15) is 46.0 Å². The normalized spacial score (nSPS) is 19.8. The van der Waals surface area contributed by atoms with Gasteiger partial charge in [0.2, 0.25) is 0 Å². The Bertz CT molecular complexity index is 210. The van der Waals surface area contributed by atoms with Crippen LogP contribution >= 0.6 is 0 Å². The molecule has 3 nitrogen and oxygen atoms in total. The van der Waals surface area contributed by atoms with Gasteiger partial charge in [-0.25, -0.2) is 0 Å². The zero-order chi connectivity index (χ0) is 12.0. The number of nitrogens with one attached hydrogen (secondary N) is 1. The fourth-order valence-corrected chi connectivity index (χ4v) is 2.40. The van der Waals surface area contributed by atoms with Gasteiger partial charge in [-0.15, -0.1) is 0 Å². The van der Waals surface area contributed by atoms with Crippen molar-refractivity contribution in [2.24, 2.45) is 11.8 Å². The Morgan fingerprint density at radius 2 is 1.94 bits per heavy atom. The molecule has 1 rings (SSSR count). The molecule has 0 bridgehead atoms. The van der Waals surface area contributed by atoms with E-state index in [0.717, 1.165) is 12.5 Å². The molecule has 1 aliphatic carbocycles. The van der Waals surface area contributed by atoms with Gasteiger partial charge < -0.3 is 10.1 Å². The summed E-state index contributed by atoms with van der Waals surface area (Å²) in [6.07, 6.45) is 6.67. The molecule has 0 aromatic carbocycles. The van der Waals surface area contributed by atoms with Crippen LogP contribution in [0, 0.1) is 11.8 Å². The predicted octanol–water partition coefficient (Wildman–Crippen LogP) is 2.35. The maximum atomic E-state index is 11.5. The second-order valence-electron chi connectivity index (χ2n) is 5.16. The van der Waals surface area contributed by atoms with Crippen LogP contribution in [-0.4, -0.2) is 25.7 Å². The van der Waals surface area contributed by atoms with Crippen LogP contribution in [0.5, 0.6) is 0 Å². The van der Waals surface area contributed by atoms with Gasteiger partial charge in [-0.2, -0.15) is 0 Å². The van der Waals surface area contributed by atoms with E-state index in [4.69, 9.17) is 4.74 Å². The predicted molar refractivity (Wildman–Crippen MR) is 65.2 cm³/mol. The average Bonchev–Trinajstić information content (AvgIpc) is 2.30. The highest BCUT2D eigenvalue weighted by Gasteiger charge is 2.23. The monoisotopic (exact) mass is 227 g/mol. The minimum absolute atomic E-state index is 0.134. The lowest BCUT2D eigenvalue weighted by molar-refractivity contribution is -0.144. The summed E-state index contributed by atoms with van der Waals surface area (Å²) in [5.41, 5.74) is 0. The zero-order valence-electron chi connectivity index (χ0n) is 10.8. The first-order chi connectivity index (χ1) is 7.65. The molecule has 1 atom stereocenters. The van der Waals surface area contributed by atoms with Crippen molar-refractivity contribution in [1.29, 1.82) is 0 Å². The summed E-state index contributed by atoms with van der Waals surface area (Å²) >= 11 is 0. The van der Waals surface area contributed by atoms with E-state index >= 15 is 0 Å². The van der Waals surface area contributed by atoms with Crippen LogP contribution in [0.15, 0.2) is 0 Å². The fraction of sp³-hybridized carbons (Fsp3) is 0.923. The number of rotatable bonds is 5. The second kappa shape index (κ2) is 6.89. The number of carbonyl (C=O) groups is 1. The van der Waals surface area contributed by atoms with Crippen molar-refractivity contribution in [2.75, 3.05) is 13.7 Å². The Morgan fingerprint density at radius 1 is 1.31 bits per heavy atom. The molecular weight excluding hydrogens is 202 g/mol. The molecule has 0 unspecified atom stereocenters. The SMILES string of the molecule is COC(=O)[C@@H](NCC1CCCCC1)C(C)C. The van der Waals surface area contributed by atoms with Crippen molar-refractivity contribution >= 4 is 5.97 Å². The molecule has 0 aromatic rings. The van der Waals surface area contributed by atoms with E-state index < -0.39 is 0 Å². The lowest BCUT2D eigenvalue weighted by Gasteiger charge is -2.26. The molecule has 3 heteroatoms. The van der Waals surface area contributed by atoms with Gasteiger partial charge in [-0.1, -0.05) is 33.1 Å². The van der Waals surface area contributed by atoms with Gasteiger partial charge in [-0.05, 0) is 31.2 Å². The van der Waals surface area contributed by atoms with E-state index in [0.29, 0.717) is 0 Å². The quantitative estimate of drug-likeness (QED) is 0.733. The summed E-state index contributed by atoms with van der Waals surface area (Å²) in [4.78, 5) is 11.5. The number of hydrogen-bond donors (Lipinski definition) is 1. The van der Waals surface area contributed by atoms with E-state index in [1.807, 2.05) is 0 Å². The first-order valence-electron chi connectivity index (χ1n) is 6.46. The molecule has 0 radical (unpaired) electrons. The van der Waals surface area contributed by atoms with Gasteiger partial charge in [0.05, 0.1) is 7.11 Å². The number of methoxy groups -OCH3 is 1. The van der Waals surface area contributed by atoms with Crippen molar-refractivity contribution in [3.05, 3.63) is 0 Å². The number of ether oxygens (including phenoxy) is 1. The molecular formula is C13H25NO2. The number of carbonyl (C=O) groups excluding carboxylic acids is 1. The van der Waals surface area contributed by atoms with Gasteiger partial charge >= 0.3 is 5.97 Å². The molecule has 0 aliphatic heterocycles.